The standard InChI is InChI=1S/C16H18N2O3/c1-19-13-8-10(9-14(20-2)15(13)21-3)16-17-11-6-4-5-7-12(11)18-16/h4-8,10H,9H2,1-3H3,(H,17,18). The molecule has 0 amide bonds. The fourth-order valence-corrected chi connectivity index (χ4v) is 2.62. The summed E-state index contributed by atoms with van der Waals surface area (Å²) >= 11 is 0. The van der Waals surface area contributed by atoms with Crippen molar-refractivity contribution in [2.75, 3.05) is 21.3 Å². The Balaban J connectivity index is 2.00. The number of hydrogen-bond donors (Lipinski definition) is 1. The molecule has 3 rings (SSSR count). The van der Waals surface area contributed by atoms with Crippen molar-refractivity contribution >= 4 is 11.0 Å². The molecule has 0 radical (unpaired) electrons. The molecule has 1 aliphatic carbocycles. The predicted octanol–water partition coefficient (Wildman–Crippen LogP) is 3.08. The Hall–Kier alpha value is -2.43. The molecular formula is C16H18N2O3. The molecular weight excluding hydrogens is 268 g/mol. The van der Waals surface area contributed by atoms with Crippen LogP contribution in [0.15, 0.2) is 47.6 Å². The summed E-state index contributed by atoms with van der Waals surface area (Å²) in [4.78, 5) is 8.01. The van der Waals surface area contributed by atoms with Crippen LogP contribution in [0.4, 0.5) is 0 Å². The third-order valence-corrected chi connectivity index (χ3v) is 3.66. The van der Waals surface area contributed by atoms with Crippen LogP contribution in [0.5, 0.6) is 0 Å². The highest BCUT2D eigenvalue weighted by atomic mass is 16.5. The molecule has 0 saturated heterocycles. The van der Waals surface area contributed by atoms with Crippen molar-refractivity contribution in [2.45, 2.75) is 12.3 Å². The van der Waals surface area contributed by atoms with Gasteiger partial charge in [-0.15, -0.1) is 0 Å². The number of rotatable bonds is 4. The van der Waals surface area contributed by atoms with Crippen molar-refractivity contribution < 1.29 is 14.2 Å². The number of methoxy groups -OCH3 is 3. The fourth-order valence-electron chi connectivity index (χ4n) is 2.62. The van der Waals surface area contributed by atoms with Gasteiger partial charge in [0.2, 0.25) is 0 Å². The van der Waals surface area contributed by atoms with Crippen molar-refractivity contribution in [3.63, 3.8) is 0 Å². The second kappa shape index (κ2) is 5.52. The number of aromatic amines is 1. The van der Waals surface area contributed by atoms with E-state index in [9.17, 15) is 0 Å². The molecule has 5 heteroatoms. The number of fused-ring (bicyclic) bond motifs is 1. The molecule has 1 heterocycles. The molecule has 21 heavy (non-hydrogen) atoms. The maximum Gasteiger partial charge on any atom is 0.198 e. The highest BCUT2D eigenvalue weighted by molar-refractivity contribution is 5.75. The van der Waals surface area contributed by atoms with Gasteiger partial charge in [0.05, 0.1) is 32.4 Å². The zero-order chi connectivity index (χ0) is 14.8. The lowest BCUT2D eigenvalue weighted by atomic mass is 9.96. The summed E-state index contributed by atoms with van der Waals surface area (Å²) in [7, 11) is 4.88. The minimum atomic E-state index is 0.0706. The van der Waals surface area contributed by atoms with E-state index in [4.69, 9.17) is 14.2 Å². The normalized spacial score (nSPS) is 18.6. The van der Waals surface area contributed by atoms with Crippen LogP contribution in [-0.4, -0.2) is 31.3 Å². The molecule has 1 aromatic carbocycles. The first-order valence-corrected chi connectivity index (χ1v) is 6.78. The third kappa shape index (κ3) is 2.35. The van der Waals surface area contributed by atoms with Crippen LogP contribution in [0.2, 0.25) is 0 Å². The van der Waals surface area contributed by atoms with Gasteiger partial charge in [-0.05, 0) is 18.2 Å². The maximum absolute atomic E-state index is 5.44. The number of benzene rings is 1. The average molecular weight is 286 g/mol. The van der Waals surface area contributed by atoms with E-state index >= 15 is 0 Å². The number of allylic oxidation sites excluding steroid dienone is 2. The Kier molecular flexibility index (Phi) is 3.56. The number of H-pyrrole nitrogens is 1. The molecule has 2 aromatic rings. The van der Waals surface area contributed by atoms with Gasteiger partial charge in [0, 0.05) is 12.3 Å². The molecule has 1 aromatic heterocycles. The summed E-state index contributed by atoms with van der Waals surface area (Å²) in [6.07, 6.45) is 2.70. The van der Waals surface area contributed by atoms with E-state index < -0.39 is 0 Å². The quantitative estimate of drug-likeness (QED) is 0.938. The van der Waals surface area contributed by atoms with Gasteiger partial charge in [-0.25, -0.2) is 4.98 Å². The molecule has 0 aliphatic heterocycles. The summed E-state index contributed by atoms with van der Waals surface area (Å²) in [5, 5.41) is 0. The molecule has 1 atom stereocenters. The second-order valence-corrected chi connectivity index (χ2v) is 4.85. The predicted molar refractivity (Wildman–Crippen MR) is 79.6 cm³/mol. The maximum atomic E-state index is 5.44. The van der Waals surface area contributed by atoms with Gasteiger partial charge in [0.15, 0.2) is 11.5 Å². The molecule has 1 N–H and O–H groups in total. The van der Waals surface area contributed by atoms with Crippen LogP contribution < -0.4 is 0 Å². The van der Waals surface area contributed by atoms with E-state index in [1.54, 1.807) is 21.3 Å². The highest BCUT2D eigenvalue weighted by Gasteiger charge is 2.27. The van der Waals surface area contributed by atoms with Crippen LogP contribution in [0.3, 0.4) is 0 Å². The van der Waals surface area contributed by atoms with Crippen LogP contribution in [-0.2, 0) is 14.2 Å². The van der Waals surface area contributed by atoms with Crippen LogP contribution in [0, 0.1) is 0 Å². The van der Waals surface area contributed by atoms with Crippen LogP contribution in [0.1, 0.15) is 18.2 Å². The number of para-hydroxylation sites is 2. The van der Waals surface area contributed by atoms with E-state index in [1.165, 1.54) is 0 Å². The second-order valence-electron chi connectivity index (χ2n) is 4.85. The lowest BCUT2D eigenvalue weighted by molar-refractivity contribution is 0.170. The zero-order valence-corrected chi connectivity index (χ0v) is 12.3. The van der Waals surface area contributed by atoms with Gasteiger partial charge in [-0.3, -0.25) is 0 Å². The van der Waals surface area contributed by atoms with Gasteiger partial charge in [0.1, 0.15) is 11.6 Å². The molecule has 1 unspecified atom stereocenters. The first-order valence-electron chi connectivity index (χ1n) is 6.78. The Bertz CT molecular complexity index is 682. The Morgan fingerprint density at radius 2 is 1.90 bits per heavy atom. The molecule has 5 nitrogen and oxygen atoms in total. The first-order chi connectivity index (χ1) is 10.3. The minimum absolute atomic E-state index is 0.0706. The molecule has 0 saturated carbocycles. The van der Waals surface area contributed by atoms with E-state index in [0.29, 0.717) is 17.9 Å². The zero-order valence-electron chi connectivity index (χ0n) is 12.3. The Morgan fingerprint density at radius 1 is 1.10 bits per heavy atom. The molecule has 1 aliphatic rings. The number of nitrogens with zero attached hydrogens (tertiary/aromatic N) is 1. The van der Waals surface area contributed by atoms with Crippen LogP contribution in [0.25, 0.3) is 11.0 Å². The Morgan fingerprint density at radius 3 is 2.57 bits per heavy atom. The summed E-state index contributed by atoms with van der Waals surface area (Å²) < 4.78 is 16.2. The summed E-state index contributed by atoms with van der Waals surface area (Å²) in [6.45, 7) is 0. The monoisotopic (exact) mass is 286 g/mol. The third-order valence-electron chi connectivity index (χ3n) is 3.66. The summed E-state index contributed by atoms with van der Waals surface area (Å²) in [5.41, 5.74) is 1.99. The van der Waals surface area contributed by atoms with Crippen molar-refractivity contribution in [2.24, 2.45) is 0 Å². The number of nitrogens with one attached hydrogen (secondary N) is 1. The molecule has 110 valence electrons. The van der Waals surface area contributed by atoms with Gasteiger partial charge in [0.25, 0.3) is 0 Å². The van der Waals surface area contributed by atoms with Gasteiger partial charge < -0.3 is 19.2 Å². The van der Waals surface area contributed by atoms with Gasteiger partial charge in [-0.2, -0.15) is 0 Å². The molecule has 0 bridgehead atoms. The minimum Gasteiger partial charge on any atom is -0.497 e. The number of aromatic nitrogens is 2. The van der Waals surface area contributed by atoms with Crippen molar-refractivity contribution in [3.8, 4) is 0 Å². The number of hydrogen-bond acceptors (Lipinski definition) is 4. The van der Waals surface area contributed by atoms with Gasteiger partial charge >= 0.3 is 0 Å². The number of imidazole rings is 1. The van der Waals surface area contributed by atoms with E-state index in [0.717, 1.165) is 22.6 Å². The summed E-state index contributed by atoms with van der Waals surface area (Å²) in [6, 6.07) is 7.98. The lowest BCUT2D eigenvalue weighted by Gasteiger charge is -2.23. The highest BCUT2D eigenvalue weighted by Crippen LogP contribution is 2.35. The Labute approximate surface area is 123 Å². The fraction of sp³-hybridized carbons (Fsp3) is 0.312. The molecule has 0 spiro atoms. The summed E-state index contributed by atoms with van der Waals surface area (Å²) in [5.74, 6) is 3.05. The van der Waals surface area contributed by atoms with Crippen molar-refractivity contribution in [1.82, 2.24) is 9.97 Å². The van der Waals surface area contributed by atoms with E-state index in [2.05, 4.69) is 9.97 Å². The van der Waals surface area contributed by atoms with E-state index in [-0.39, 0.29) is 5.92 Å². The average Bonchev–Trinajstić information content (AvgIpc) is 2.97. The number of ether oxygens (including phenoxy) is 3. The van der Waals surface area contributed by atoms with Gasteiger partial charge in [-0.1, -0.05) is 12.1 Å². The first kappa shape index (κ1) is 13.5. The van der Waals surface area contributed by atoms with Crippen molar-refractivity contribution in [3.05, 3.63) is 53.4 Å². The van der Waals surface area contributed by atoms with Crippen molar-refractivity contribution in [1.29, 1.82) is 0 Å². The SMILES string of the molecule is COC1=CC(c2nc3ccccc3[nH]2)CC(OC)=C1OC. The lowest BCUT2D eigenvalue weighted by Crippen LogP contribution is -2.13. The van der Waals surface area contributed by atoms with E-state index in [1.807, 2.05) is 30.3 Å². The van der Waals surface area contributed by atoms with Crippen LogP contribution >= 0.6 is 0 Å². The topological polar surface area (TPSA) is 56.4 Å². The molecule has 0 fully saturated rings. The largest absolute Gasteiger partial charge is 0.497 e. The smallest absolute Gasteiger partial charge is 0.198 e.